The molecule has 0 saturated heterocycles. The van der Waals surface area contributed by atoms with E-state index in [-0.39, 0.29) is 17.4 Å². The van der Waals surface area contributed by atoms with Gasteiger partial charge in [0.1, 0.15) is 5.56 Å². The SMILES string of the molecule is COc1cc(-c2ccc3[nH]ccc3c2)ccc1Oc1nc(Nc2cc(OC)c(OC)c(OC)c2)ncc1C(=O)Nc1c(C)cccc1C. The van der Waals surface area contributed by atoms with E-state index in [1.54, 1.807) is 25.3 Å². The van der Waals surface area contributed by atoms with E-state index in [0.717, 1.165) is 33.2 Å². The number of hydrogen-bond donors (Lipinski definition) is 3. The number of hydrogen-bond acceptors (Lipinski definition) is 9. The number of aromatic nitrogens is 3. The molecule has 48 heavy (non-hydrogen) atoms. The van der Waals surface area contributed by atoms with Gasteiger partial charge in [0.2, 0.25) is 17.6 Å². The molecule has 6 rings (SSSR count). The number of carbonyl (C=O) groups is 1. The number of para-hydroxylation sites is 1. The topological polar surface area (TPSA) is 129 Å². The predicted molar refractivity (Wildman–Crippen MR) is 186 cm³/mol. The first-order valence-corrected chi connectivity index (χ1v) is 15.1. The Morgan fingerprint density at radius 1 is 0.750 bits per heavy atom. The van der Waals surface area contributed by atoms with Gasteiger partial charge < -0.3 is 39.3 Å². The zero-order valence-corrected chi connectivity index (χ0v) is 27.4. The van der Waals surface area contributed by atoms with Crippen LogP contribution in [-0.4, -0.2) is 49.3 Å². The van der Waals surface area contributed by atoms with Crippen LogP contribution in [0.4, 0.5) is 17.3 Å². The monoisotopic (exact) mass is 645 g/mol. The Labute approximate surface area is 277 Å². The fourth-order valence-corrected chi connectivity index (χ4v) is 5.40. The highest BCUT2D eigenvalue weighted by Gasteiger charge is 2.21. The van der Waals surface area contributed by atoms with Crippen LogP contribution < -0.4 is 34.3 Å². The lowest BCUT2D eigenvalue weighted by atomic mass is 10.0. The number of H-pyrrole nitrogens is 1. The van der Waals surface area contributed by atoms with Crippen LogP contribution in [0.25, 0.3) is 22.0 Å². The first-order chi connectivity index (χ1) is 23.3. The van der Waals surface area contributed by atoms with Gasteiger partial charge in [0, 0.05) is 41.4 Å². The second kappa shape index (κ2) is 13.6. The summed E-state index contributed by atoms with van der Waals surface area (Å²) in [6.07, 6.45) is 3.32. The van der Waals surface area contributed by atoms with E-state index < -0.39 is 5.91 Å². The van der Waals surface area contributed by atoms with Crippen molar-refractivity contribution in [2.24, 2.45) is 0 Å². The zero-order valence-electron chi connectivity index (χ0n) is 27.4. The molecule has 0 aliphatic heterocycles. The molecule has 0 aliphatic rings. The molecule has 0 spiro atoms. The Kier molecular flexibility index (Phi) is 9.02. The first kappa shape index (κ1) is 31.7. The maximum absolute atomic E-state index is 13.7. The number of ether oxygens (including phenoxy) is 5. The lowest BCUT2D eigenvalue weighted by Crippen LogP contribution is -2.16. The van der Waals surface area contributed by atoms with Gasteiger partial charge in [0.25, 0.3) is 5.91 Å². The van der Waals surface area contributed by atoms with Gasteiger partial charge in [0.15, 0.2) is 23.0 Å². The second-order valence-electron chi connectivity index (χ2n) is 10.9. The Balaban J connectivity index is 1.38. The molecule has 4 aromatic carbocycles. The number of benzene rings is 4. The van der Waals surface area contributed by atoms with Crippen LogP contribution in [0.2, 0.25) is 0 Å². The van der Waals surface area contributed by atoms with Crippen LogP contribution in [0.5, 0.6) is 34.6 Å². The van der Waals surface area contributed by atoms with Crippen molar-refractivity contribution in [3.8, 4) is 45.8 Å². The minimum Gasteiger partial charge on any atom is -0.493 e. The first-order valence-electron chi connectivity index (χ1n) is 15.1. The summed E-state index contributed by atoms with van der Waals surface area (Å²) in [5, 5.41) is 7.25. The van der Waals surface area contributed by atoms with Crippen LogP contribution >= 0.6 is 0 Å². The van der Waals surface area contributed by atoms with Gasteiger partial charge in [-0.25, -0.2) is 4.98 Å². The average molecular weight is 646 g/mol. The third-order valence-electron chi connectivity index (χ3n) is 7.90. The van der Waals surface area contributed by atoms with Crippen molar-refractivity contribution < 1.29 is 28.5 Å². The fraction of sp³-hybridized carbons (Fsp3) is 0.162. The number of fused-ring (bicyclic) bond motifs is 1. The summed E-state index contributed by atoms with van der Waals surface area (Å²) in [4.78, 5) is 26.0. The van der Waals surface area contributed by atoms with Gasteiger partial charge >= 0.3 is 0 Å². The maximum Gasteiger partial charge on any atom is 0.262 e. The molecule has 244 valence electrons. The number of amides is 1. The highest BCUT2D eigenvalue weighted by Crippen LogP contribution is 2.41. The fourth-order valence-electron chi connectivity index (χ4n) is 5.40. The van der Waals surface area contributed by atoms with Crippen molar-refractivity contribution in [2.45, 2.75) is 13.8 Å². The quantitative estimate of drug-likeness (QED) is 0.128. The molecule has 0 fully saturated rings. The summed E-state index contributed by atoms with van der Waals surface area (Å²) in [5.74, 6) is 1.90. The number of aryl methyl sites for hydroxylation is 2. The van der Waals surface area contributed by atoms with E-state index in [9.17, 15) is 4.79 Å². The molecule has 3 N–H and O–H groups in total. The molecule has 0 saturated carbocycles. The molecule has 1 amide bonds. The Hall–Kier alpha value is -6.23. The summed E-state index contributed by atoms with van der Waals surface area (Å²) in [6, 6.07) is 23.0. The van der Waals surface area contributed by atoms with Crippen molar-refractivity contribution in [2.75, 3.05) is 39.1 Å². The summed E-state index contributed by atoms with van der Waals surface area (Å²) >= 11 is 0. The molecule has 11 nitrogen and oxygen atoms in total. The summed E-state index contributed by atoms with van der Waals surface area (Å²) in [6.45, 7) is 3.86. The summed E-state index contributed by atoms with van der Waals surface area (Å²) < 4.78 is 28.5. The van der Waals surface area contributed by atoms with Crippen LogP contribution in [0.15, 0.2) is 85.2 Å². The molecule has 11 heteroatoms. The number of carbonyl (C=O) groups excluding carboxylic acids is 1. The molecule has 0 bridgehead atoms. The third-order valence-corrected chi connectivity index (χ3v) is 7.90. The van der Waals surface area contributed by atoms with Gasteiger partial charge in [-0.3, -0.25) is 4.79 Å². The Morgan fingerprint density at radius 3 is 2.12 bits per heavy atom. The maximum atomic E-state index is 13.7. The molecule has 0 atom stereocenters. The van der Waals surface area contributed by atoms with E-state index in [0.29, 0.717) is 40.1 Å². The molecule has 2 heterocycles. The minimum atomic E-state index is -0.433. The Bertz CT molecular complexity index is 2080. The van der Waals surface area contributed by atoms with E-state index in [2.05, 4.69) is 31.7 Å². The van der Waals surface area contributed by atoms with Crippen LogP contribution in [0.3, 0.4) is 0 Å². The molecule has 0 aliphatic carbocycles. The number of methoxy groups -OCH3 is 4. The predicted octanol–water partition coefficient (Wildman–Crippen LogP) is 8.06. The molecule has 0 radical (unpaired) electrons. The number of rotatable bonds is 11. The number of anilines is 3. The van der Waals surface area contributed by atoms with Crippen LogP contribution in [0.1, 0.15) is 21.5 Å². The van der Waals surface area contributed by atoms with E-state index in [1.165, 1.54) is 27.5 Å². The minimum absolute atomic E-state index is 0.0171. The number of nitrogens with one attached hydrogen (secondary N) is 3. The highest BCUT2D eigenvalue weighted by atomic mass is 16.5. The molecular formula is C37H35N5O6. The summed E-state index contributed by atoms with van der Waals surface area (Å²) in [7, 11) is 6.16. The van der Waals surface area contributed by atoms with Gasteiger partial charge in [-0.15, -0.1) is 0 Å². The number of aromatic amines is 1. The Morgan fingerprint density at radius 2 is 1.44 bits per heavy atom. The van der Waals surface area contributed by atoms with Crippen LogP contribution in [0, 0.1) is 13.8 Å². The van der Waals surface area contributed by atoms with Gasteiger partial charge in [-0.2, -0.15) is 4.98 Å². The average Bonchev–Trinajstić information content (AvgIpc) is 3.58. The normalized spacial score (nSPS) is 10.8. The molecule has 2 aromatic heterocycles. The molecule has 6 aromatic rings. The third kappa shape index (κ3) is 6.38. The van der Waals surface area contributed by atoms with Gasteiger partial charge in [-0.1, -0.05) is 30.3 Å². The van der Waals surface area contributed by atoms with Crippen LogP contribution in [-0.2, 0) is 0 Å². The number of nitrogens with zero attached hydrogens (tertiary/aromatic N) is 2. The molecule has 0 unspecified atom stereocenters. The van der Waals surface area contributed by atoms with Crippen molar-refractivity contribution in [1.82, 2.24) is 15.0 Å². The van der Waals surface area contributed by atoms with E-state index in [4.69, 9.17) is 23.7 Å². The smallest absolute Gasteiger partial charge is 0.262 e. The second-order valence-corrected chi connectivity index (χ2v) is 10.9. The lowest BCUT2D eigenvalue weighted by Gasteiger charge is -2.17. The van der Waals surface area contributed by atoms with Crippen molar-refractivity contribution in [3.05, 3.63) is 102 Å². The van der Waals surface area contributed by atoms with E-state index >= 15 is 0 Å². The van der Waals surface area contributed by atoms with Gasteiger partial charge in [-0.05, 0) is 71.8 Å². The lowest BCUT2D eigenvalue weighted by molar-refractivity contribution is 0.102. The standard InChI is InChI=1S/C37H35N5O6/c1-21-8-7-9-22(2)33(21)41-35(43)27-20-39-37(40-26-18-31(45-4)34(47-6)32(19-26)46-5)42-36(27)48-29-13-11-24(17-30(29)44-3)23-10-12-28-25(16-23)14-15-38-28/h7-20,38H,1-6H3,(H,41,43)(H,39,40,42). The van der Waals surface area contributed by atoms with Gasteiger partial charge in [0.05, 0.1) is 28.4 Å². The van der Waals surface area contributed by atoms with Crippen molar-refractivity contribution in [1.29, 1.82) is 0 Å². The summed E-state index contributed by atoms with van der Waals surface area (Å²) in [5.41, 5.74) is 6.22. The van der Waals surface area contributed by atoms with Crippen molar-refractivity contribution in [3.63, 3.8) is 0 Å². The zero-order chi connectivity index (χ0) is 33.8. The van der Waals surface area contributed by atoms with Crippen molar-refractivity contribution >= 4 is 34.1 Å². The highest BCUT2D eigenvalue weighted by molar-refractivity contribution is 6.06. The molecular weight excluding hydrogens is 610 g/mol. The van der Waals surface area contributed by atoms with E-state index in [1.807, 2.05) is 68.6 Å². The largest absolute Gasteiger partial charge is 0.493 e.